The molecular formula is C26H43NO6. The monoisotopic (exact) mass is 465 g/mol. The number of esters is 2. The van der Waals surface area contributed by atoms with Gasteiger partial charge in [-0.3, -0.25) is 19.2 Å². The molecule has 7 nitrogen and oxygen atoms in total. The lowest BCUT2D eigenvalue weighted by Crippen LogP contribution is -2.48. The molecule has 188 valence electrons. The van der Waals surface area contributed by atoms with Gasteiger partial charge in [0.1, 0.15) is 25.4 Å². The summed E-state index contributed by atoms with van der Waals surface area (Å²) in [6, 6.07) is 0.112. The molecule has 0 aliphatic carbocycles. The molecule has 1 rings (SSSR count). The van der Waals surface area contributed by atoms with E-state index in [0.717, 1.165) is 19.4 Å². The zero-order chi connectivity index (χ0) is 25.4. The predicted molar refractivity (Wildman–Crippen MR) is 127 cm³/mol. The van der Waals surface area contributed by atoms with Gasteiger partial charge >= 0.3 is 11.9 Å². The van der Waals surface area contributed by atoms with Gasteiger partial charge in [0.15, 0.2) is 0 Å². The highest BCUT2D eigenvalue weighted by Gasteiger charge is 2.44. The molecule has 7 heteroatoms. The molecule has 0 aromatic heterocycles. The fraction of sp³-hybridized carbons (Fsp3) is 0.769. The van der Waals surface area contributed by atoms with E-state index in [1.165, 1.54) is 6.92 Å². The lowest BCUT2D eigenvalue weighted by Gasteiger charge is -2.45. The minimum atomic E-state index is -0.932. The third kappa shape index (κ3) is 8.59. The highest BCUT2D eigenvalue weighted by atomic mass is 16.6. The Bertz CT molecular complexity index is 728. The Kier molecular flexibility index (Phi) is 10.8. The number of carbonyl (C=O) groups excluding carboxylic acids is 4. The van der Waals surface area contributed by atoms with Gasteiger partial charge in [-0.25, -0.2) is 0 Å². The molecule has 0 spiro atoms. The van der Waals surface area contributed by atoms with Crippen LogP contribution in [0.1, 0.15) is 80.6 Å². The van der Waals surface area contributed by atoms with Crippen LogP contribution in [0, 0.1) is 22.7 Å². The van der Waals surface area contributed by atoms with Crippen LogP contribution in [0.15, 0.2) is 12.7 Å². The molecule has 3 unspecified atom stereocenters. The number of nitrogens with zero attached hydrogens (tertiary/aromatic N) is 1. The average Bonchev–Trinajstić information content (AvgIpc) is 3.13. The minimum Gasteiger partial charge on any atom is -0.462 e. The molecule has 0 N–H and O–H groups in total. The van der Waals surface area contributed by atoms with Gasteiger partial charge in [-0.05, 0) is 50.4 Å². The maximum absolute atomic E-state index is 12.9. The summed E-state index contributed by atoms with van der Waals surface area (Å²) in [6.07, 6.45) is 4.25. The smallest absolute Gasteiger partial charge is 0.315 e. The minimum absolute atomic E-state index is 0.0832. The van der Waals surface area contributed by atoms with Crippen molar-refractivity contribution in [1.29, 1.82) is 0 Å². The Morgan fingerprint density at radius 3 is 2.21 bits per heavy atom. The molecule has 33 heavy (non-hydrogen) atoms. The van der Waals surface area contributed by atoms with Crippen LogP contribution < -0.4 is 0 Å². The first-order valence-electron chi connectivity index (χ1n) is 12.0. The third-order valence-electron chi connectivity index (χ3n) is 6.75. The number of hydrogen-bond donors (Lipinski definition) is 0. The maximum Gasteiger partial charge on any atom is 0.315 e. The summed E-state index contributed by atoms with van der Waals surface area (Å²) in [7, 11) is 0. The van der Waals surface area contributed by atoms with Gasteiger partial charge in [0.2, 0.25) is 5.91 Å². The molecule has 1 saturated heterocycles. The average molecular weight is 466 g/mol. The van der Waals surface area contributed by atoms with Gasteiger partial charge in [-0.15, -0.1) is 6.58 Å². The number of likely N-dealkylation sites (tertiary alicyclic amines) is 1. The van der Waals surface area contributed by atoms with Crippen molar-refractivity contribution in [2.75, 3.05) is 19.8 Å². The third-order valence-corrected chi connectivity index (χ3v) is 6.75. The molecular weight excluding hydrogens is 422 g/mol. The Labute approximate surface area is 199 Å². The predicted octanol–water partition coefficient (Wildman–Crippen LogP) is 4.33. The van der Waals surface area contributed by atoms with Crippen molar-refractivity contribution in [3.8, 4) is 0 Å². The SMILES string of the molecule is C=CC(C)(CC(C)(C)C(C)C(CC(C)C)N1CCCC1=O)C(=O)OCCOC(=O)CC(C)=O. The molecule has 1 fully saturated rings. The lowest BCUT2D eigenvalue weighted by atomic mass is 9.65. The first-order chi connectivity index (χ1) is 15.2. The van der Waals surface area contributed by atoms with Crippen molar-refractivity contribution >= 4 is 23.6 Å². The maximum atomic E-state index is 12.9. The second-order valence-electron chi connectivity index (χ2n) is 10.7. The standard InChI is InChI=1S/C26H43NO6/c1-9-26(8,24(31)33-14-13-32-23(30)16-19(4)28)17-25(6,7)20(5)21(15-18(2)3)27-12-10-11-22(27)29/h9,18,20-21H,1,10-17H2,2-8H3. The number of Topliss-reactive ketones (excluding diaryl/α,β-unsaturated/α-hetero) is 1. The lowest BCUT2D eigenvalue weighted by molar-refractivity contribution is -0.159. The molecule has 0 saturated carbocycles. The topological polar surface area (TPSA) is 90.0 Å². The number of carbonyl (C=O) groups is 4. The summed E-state index contributed by atoms with van der Waals surface area (Å²) in [4.78, 5) is 49.9. The van der Waals surface area contributed by atoms with Crippen LogP contribution in [-0.2, 0) is 28.7 Å². The fourth-order valence-corrected chi connectivity index (χ4v) is 4.67. The number of ketones is 1. The van der Waals surface area contributed by atoms with E-state index in [1.54, 1.807) is 13.0 Å². The normalized spacial score (nSPS) is 17.9. The van der Waals surface area contributed by atoms with Crippen LogP contribution in [0.25, 0.3) is 0 Å². The number of ether oxygens (including phenoxy) is 2. The van der Waals surface area contributed by atoms with E-state index in [9.17, 15) is 19.2 Å². The number of hydrogen-bond acceptors (Lipinski definition) is 6. The Hall–Kier alpha value is -2.18. The fourth-order valence-electron chi connectivity index (χ4n) is 4.67. The van der Waals surface area contributed by atoms with E-state index in [4.69, 9.17) is 9.47 Å². The van der Waals surface area contributed by atoms with Crippen molar-refractivity contribution < 1.29 is 28.7 Å². The van der Waals surface area contributed by atoms with Gasteiger partial charge in [0.25, 0.3) is 0 Å². The van der Waals surface area contributed by atoms with Gasteiger partial charge in [-0.2, -0.15) is 0 Å². The summed E-state index contributed by atoms with van der Waals surface area (Å²) in [5, 5.41) is 0. The van der Waals surface area contributed by atoms with Crippen molar-refractivity contribution in [2.24, 2.45) is 22.7 Å². The first kappa shape index (κ1) is 28.9. The summed E-state index contributed by atoms with van der Waals surface area (Å²) in [6.45, 7) is 18.4. The highest BCUT2D eigenvalue weighted by molar-refractivity contribution is 5.94. The zero-order valence-corrected chi connectivity index (χ0v) is 21.6. The van der Waals surface area contributed by atoms with E-state index in [1.807, 2.05) is 4.90 Å². The molecule has 1 aliphatic rings. The second-order valence-corrected chi connectivity index (χ2v) is 10.7. The van der Waals surface area contributed by atoms with Crippen LogP contribution in [0.5, 0.6) is 0 Å². The van der Waals surface area contributed by atoms with Crippen LogP contribution in [0.2, 0.25) is 0 Å². The molecule has 3 atom stereocenters. The van der Waals surface area contributed by atoms with Gasteiger partial charge < -0.3 is 14.4 Å². The molecule has 0 bridgehead atoms. The number of amides is 1. The Morgan fingerprint density at radius 2 is 1.73 bits per heavy atom. The molecule has 0 radical (unpaired) electrons. The van der Waals surface area contributed by atoms with Crippen molar-refractivity contribution in [1.82, 2.24) is 4.90 Å². The van der Waals surface area contributed by atoms with E-state index < -0.39 is 17.4 Å². The van der Waals surface area contributed by atoms with Crippen LogP contribution in [0.4, 0.5) is 0 Å². The van der Waals surface area contributed by atoms with Crippen LogP contribution in [0.3, 0.4) is 0 Å². The Morgan fingerprint density at radius 1 is 1.12 bits per heavy atom. The van der Waals surface area contributed by atoms with E-state index in [2.05, 4.69) is 41.2 Å². The van der Waals surface area contributed by atoms with E-state index >= 15 is 0 Å². The van der Waals surface area contributed by atoms with E-state index in [0.29, 0.717) is 18.8 Å². The molecule has 0 aromatic carbocycles. The van der Waals surface area contributed by atoms with Gasteiger partial charge in [-0.1, -0.05) is 40.7 Å². The quantitative estimate of drug-likeness (QED) is 0.164. The summed E-state index contributed by atoms with van der Waals surface area (Å²) < 4.78 is 10.3. The first-order valence-corrected chi connectivity index (χ1v) is 12.0. The second kappa shape index (κ2) is 12.3. The highest BCUT2D eigenvalue weighted by Crippen LogP contribution is 2.44. The van der Waals surface area contributed by atoms with Gasteiger partial charge in [0, 0.05) is 19.0 Å². The van der Waals surface area contributed by atoms with Crippen LogP contribution in [-0.4, -0.2) is 54.3 Å². The molecule has 0 aromatic rings. The largest absolute Gasteiger partial charge is 0.462 e. The Balaban J connectivity index is 2.83. The molecule has 1 aliphatic heterocycles. The summed E-state index contributed by atoms with van der Waals surface area (Å²) in [5.41, 5.74) is -1.21. The van der Waals surface area contributed by atoms with Crippen molar-refractivity contribution in [3.05, 3.63) is 12.7 Å². The number of rotatable bonds is 14. The van der Waals surface area contributed by atoms with Crippen LogP contribution >= 0.6 is 0 Å². The van der Waals surface area contributed by atoms with E-state index in [-0.39, 0.29) is 48.7 Å². The van der Waals surface area contributed by atoms with Crippen molar-refractivity contribution in [3.63, 3.8) is 0 Å². The summed E-state index contributed by atoms with van der Waals surface area (Å²) >= 11 is 0. The molecule has 1 heterocycles. The summed E-state index contributed by atoms with van der Waals surface area (Å²) in [5.74, 6) is -0.525. The van der Waals surface area contributed by atoms with Crippen molar-refractivity contribution in [2.45, 2.75) is 86.6 Å². The zero-order valence-electron chi connectivity index (χ0n) is 21.6. The van der Waals surface area contributed by atoms with Gasteiger partial charge in [0.05, 0.1) is 5.41 Å². The molecule has 1 amide bonds.